The minimum absolute atomic E-state index is 0.0466. The molecule has 4 heteroatoms. The van der Waals surface area contributed by atoms with Gasteiger partial charge in [0.1, 0.15) is 6.04 Å². The first kappa shape index (κ1) is 14.7. The second-order valence-corrected chi connectivity index (χ2v) is 5.94. The summed E-state index contributed by atoms with van der Waals surface area (Å²) in [5, 5.41) is 2.95. The number of hydrogen-bond acceptors (Lipinski definition) is 2. The molecular formula is C14H24N2O2. The summed E-state index contributed by atoms with van der Waals surface area (Å²) in [6, 6.07) is -0.360. The van der Waals surface area contributed by atoms with Crippen LogP contribution in [0.4, 0.5) is 0 Å². The summed E-state index contributed by atoms with van der Waals surface area (Å²) in [5.74, 6) is -0.110. The standard InChI is InChI=1S/C14H24N2O2/c1-6-11(13(18)15-14(3,4)5)16-8-7-10(2)9-12(16)17/h9,11H,6-8H2,1-5H3,(H,15,18). The molecule has 0 aliphatic carbocycles. The molecule has 0 saturated carbocycles. The summed E-state index contributed by atoms with van der Waals surface area (Å²) in [7, 11) is 0. The van der Waals surface area contributed by atoms with Crippen molar-refractivity contribution in [2.45, 2.75) is 59.0 Å². The van der Waals surface area contributed by atoms with E-state index in [-0.39, 0.29) is 23.4 Å². The molecule has 1 aliphatic heterocycles. The van der Waals surface area contributed by atoms with Crippen LogP contribution in [0.3, 0.4) is 0 Å². The molecule has 1 rings (SSSR count). The van der Waals surface area contributed by atoms with Gasteiger partial charge < -0.3 is 10.2 Å². The third-order valence-corrected chi connectivity index (χ3v) is 2.96. The highest BCUT2D eigenvalue weighted by Crippen LogP contribution is 2.16. The van der Waals surface area contributed by atoms with Crippen molar-refractivity contribution >= 4 is 11.8 Å². The maximum atomic E-state index is 12.2. The second-order valence-electron chi connectivity index (χ2n) is 5.94. The highest BCUT2D eigenvalue weighted by atomic mass is 16.2. The lowest BCUT2D eigenvalue weighted by molar-refractivity contribution is -0.138. The lowest BCUT2D eigenvalue weighted by Gasteiger charge is -2.34. The maximum Gasteiger partial charge on any atom is 0.247 e. The quantitative estimate of drug-likeness (QED) is 0.833. The van der Waals surface area contributed by atoms with Crippen LogP contribution in [0.5, 0.6) is 0 Å². The molecule has 2 amide bonds. The summed E-state index contributed by atoms with van der Waals surface area (Å²) >= 11 is 0. The van der Waals surface area contributed by atoms with Crippen LogP contribution in [-0.4, -0.2) is 34.8 Å². The molecule has 18 heavy (non-hydrogen) atoms. The zero-order valence-corrected chi connectivity index (χ0v) is 12.0. The van der Waals surface area contributed by atoms with E-state index in [0.717, 1.165) is 12.0 Å². The van der Waals surface area contributed by atoms with E-state index in [1.165, 1.54) is 0 Å². The van der Waals surface area contributed by atoms with Crippen LogP contribution in [0.25, 0.3) is 0 Å². The van der Waals surface area contributed by atoms with Gasteiger partial charge in [-0.3, -0.25) is 9.59 Å². The summed E-state index contributed by atoms with van der Waals surface area (Å²) in [6.45, 7) is 10.4. The number of carbonyl (C=O) groups excluding carboxylic acids is 2. The summed E-state index contributed by atoms with van der Waals surface area (Å²) in [6.07, 6.45) is 3.13. The maximum absolute atomic E-state index is 12.2. The van der Waals surface area contributed by atoms with E-state index in [4.69, 9.17) is 0 Å². The fourth-order valence-electron chi connectivity index (χ4n) is 2.08. The number of carbonyl (C=O) groups is 2. The van der Waals surface area contributed by atoms with Gasteiger partial charge in [0.15, 0.2) is 0 Å². The Morgan fingerprint density at radius 3 is 2.56 bits per heavy atom. The molecule has 102 valence electrons. The average Bonchev–Trinajstić information content (AvgIpc) is 2.19. The second kappa shape index (κ2) is 5.55. The molecular weight excluding hydrogens is 228 g/mol. The Labute approximate surface area is 109 Å². The van der Waals surface area contributed by atoms with Gasteiger partial charge in [-0.05, 0) is 40.5 Å². The van der Waals surface area contributed by atoms with Gasteiger partial charge in [-0.2, -0.15) is 0 Å². The highest BCUT2D eigenvalue weighted by molar-refractivity contribution is 5.94. The van der Waals surface area contributed by atoms with Crippen LogP contribution in [0, 0.1) is 0 Å². The smallest absolute Gasteiger partial charge is 0.247 e. The molecule has 4 nitrogen and oxygen atoms in total. The average molecular weight is 252 g/mol. The highest BCUT2D eigenvalue weighted by Gasteiger charge is 2.30. The number of amides is 2. The molecule has 0 saturated heterocycles. The Morgan fingerprint density at radius 2 is 2.11 bits per heavy atom. The Kier molecular flexibility index (Phi) is 4.54. The first-order valence-electron chi connectivity index (χ1n) is 6.54. The molecule has 0 spiro atoms. The molecule has 1 aliphatic rings. The van der Waals surface area contributed by atoms with Gasteiger partial charge in [-0.1, -0.05) is 12.5 Å². The fourth-order valence-corrected chi connectivity index (χ4v) is 2.08. The van der Waals surface area contributed by atoms with Gasteiger partial charge in [0.05, 0.1) is 0 Å². The van der Waals surface area contributed by atoms with Crippen molar-refractivity contribution in [1.82, 2.24) is 10.2 Å². The SMILES string of the molecule is CCC(C(=O)NC(C)(C)C)N1CCC(C)=CC1=O. The Bertz CT molecular complexity index is 366. The first-order chi connectivity index (χ1) is 8.24. The predicted octanol–water partition coefficient (Wildman–Crippen LogP) is 1.86. The van der Waals surface area contributed by atoms with Crippen molar-refractivity contribution in [3.05, 3.63) is 11.6 Å². The topological polar surface area (TPSA) is 49.4 Å². The van der Waals surface area contributed by atoms with E-state index in [2.05, 4.69) is 5.32 Å². The zero-order chi connectivity index (χ0) is 13.9. The zero-order valence-electron chi connectivity index (χ0n) is 12.0. The van der Waals surface area contributed by atoms with Crippen LogP contribution in [0.2, 0.25) is 0 Å². The van der Waals surface area contributed by atoms with Gasteiger partial charge in [0.2, 0.25) is 11.8 Å². The Balaban J connectivity index is 2.78. The minimum atomic E-state index is -0.360. The molecule has 0 aromatic carbocycles. The summed E-state index contributed by atoms with van der Waals surface area (Å²) in [4.78, 5) is 25.8. The van der Waals surface area contributed by atoms with Gasteiger partial charge in [0, 0.05) is 18.2 Å². The van der Waals surface area contributed by atoms with E-state index in [9.17, 15) is 9.59 Å². The first-order valence-corrected chi connectivity index (χ1v) is 6.54. The van der Waals surface area contributed by atoms with Gasteiger partial charge in [-0.25, -0.2) is 0 Å². The molecule has 0 radical (unpaired) electrons. The molecule has 1 heterocycles. The van der Waals surface area contributed by atoms with Gasteiger partial charge in [-0.15, -0.1) is 0 Å². The minimum Gasteiger partial charge on any atom is -0.350 e. The van der Waals surface area contributed by atoms with Crippen LogP contribution in [0.15, 0.2) is 11.6 Å². The molecule has 1 atom stereocenters. The van der Waals surface area contributed by atoms with E-state index in [1.807, 2.05) is 34.6 Å². The van der Waals surface area contributed by atoms with Crippen molar-refractivity contribution in [2.24, 2.45) is 0 Å². The van der Waals surface area contributed by atoms with Crippen molar-refractivity contribution in [2.75, 3.05) is 6.54 Å². The van der Waals surface area contributed by atoms with Crippen molar-refractivity contribution in [1.29, 1.82) is 0 Å². The van der Waals surface area contributed by atoms with E-state index in [0.29, 0.717) is 13.0 Å². The number of nitrogens with one attached hydrogen (secondary N) is 1. The Morgan fingerprint density at radius 1 is 1.50 bits per heavy atom. The van der Waals surface area contributed by atoms with Crippen LogP contribution in [-0.2, 0) is 9.59 Å². The number of hydrogen-bond donors (Lipinski definition) is 1. The van der Waals surface area contributed by atoms with Gasteiger partial charge in [0.25, 0.3) is 0 Å². The van der Waals surface area contributed by atoms with Crippen LogP contribution in [0.1, 0.15) is 47.5 Å². The van der Waals surface area contributed by atoms with Crippen LogP contribution >= 0.6 is 0 Å². The van der Waals surface area contributed by atoms with Gasteiger partial charge >= 0.3 is 0 Å². The van der Waals surface area contributed by atoms with Crippen molar-refractivity contribution in [3.63, 3.8) is 0 Å². The molecule has 1 unspecified atom stereocenters. The van der Waals surface area contributed by atoms with E-state index in [1.54, 1.807) is 11.0 Å². The van der Waals surface area contributed by atoms with Crippen molar-refractivity contribution < 1.29 is 9.59 Å². The Hall–Kier alpha value is -1.32. The number of nitrogens with zero attached hydrogens (tertiary/aromatic N) is 1. The summed E-state index contributed by atoms with van der Waals surface area (Å²) in [5.41, 5.74) is 0.817. The monoisotopic (exact) mass is 252 g/mol. The lowest BCUT2D eigenvalue weighted by atomic mass is 10.0. The van der Waals surface area contributed by atoms with Crippen LogP contribution < -0.4 is 5.32 Å². The third-order valence-electron chi connectivity index (χ3n) is 2.96. The molecule has 0 fully saturated rings. The molecule has 0 aromatic heterocycles. The van der Waals surface area contributed by atoms with E-state index >= 15 is 0 Å². The molecule has 1 N–H and O–H groups in total. The fraction of sp³-hybridized carbons (Fsp3) is 0.714. The van der Waals surface area contributed by atoms with E-state index < -0.39 is 0 Å². The summed E-state index contributed by atoms with van der Waals surface area (Å²) < 4.78 is 0. The number of rotatable bonds is 3. The molecule has 0 aromatic rings. The predicted molar refractivity (Wildman–Crippen MR) is 72.1 cm³/mol. The third kappa shape index (κ3) is 3.86. The largest absolute Gasteiger partial charge is 0.350 e. The molecule has 0 bridgehead atoms. The lowest BCUT2D eigenvalue weighted by Crippen LogP contribution is -2.54. The van der Waals surface area contributed by atoms with Crippen molar-refractivity contribution in [3.8, 4) is 0 Å². The normalized spacial score (nSPS) is 18.4.